The van der Waals surface area contributed by atoms with Gasteiger partial charge in [0.25, 0.3) is 0 Å². The van der Waals surface area contributed by atoms with Crippen molar-refractivity contribution in [3.63, 3.8) is 0 Å². The third kappa shape index (κ3) is 3.19. The number of nitrogens with zero attached hydrogens (tertiary/aromatic N) is 1. The third-order valence-electron chi connectivity index (χ3n) is 2.60. The van der Waals surface area contributed by atoms with Crippen LogP contribution < -0.4 is 4.90 Å². The summed E-state index contributed by atoms with van der Waals surface area (Å²) in [4.78, 5) is 12.0. The van der Waals surface area contributed by atoms with Gasteiger partial charge in [-0.05, 0) is 25.3 Å². The fourth-order valence-electron chi connectivity index (χ4n) is 1.56. The van der Waals surface area contributed by atoms with Crippen molar-refractivity contribution in [1.29, 1.82) is 0 Å². The Bertz CT molecular complexity index is 388. The van der Waals surface area contributed by atoms with Crippen LogP contribution in [0.3, 0.4) is 0 Å². The summed E-state index contributed by atoms with van der Waals surface area (Å²) in [5, 5.41) is 0. The molecule has 0 aromatic heterocycles. The van der Waals surface area contributed by atoms with E-state index in [1.807, 2.05) is 13.2 Å². The Hall–Kier alpha value is -1.10. The topological polar surface area (TPSA) is 20.3 Å². The molecule has 0 heterocycles. The Labute approximate surface area is 104 Å². The highest BCUT2D eigenvalue weighted by molar-refractivity contribution is 7.98. The quantitative estimate of drug-likeness (QED) is 0.758. The Balaban J connectivity index is 3.09. The molecular weight excluding hydrogens is 244 g/mol. The maximum atomic E-state index is 13.7. The van der Waals surface area contributed by atoms with E-state index in [0.717, 1.165) is 17.9 Å². The number of anilines is 1. The first-order valence-corrected chi connectivity index (χ1v) is 6.56. The van der Waals surface area contributed by atoms with Crippen molar-refractivity contribution in [2.24, 2.45) is 0 Å². The molecule has 17 heavy (non-hydrogen) atoms. The van der Waals surface area contributed by atoms with E-state index in [4.69, 9.17) is 0 Å². The van der Waals surface area contributed by atoms with E-state index in [-0.39, 0.29) is 17.3 Å². The Kier molecular flexibility index (Phi) is 4.93. The SMILES string of the molecule is CSCC(C)N(C)c1c(F)cc(C=O)cc1F. The maximum absolute atomic E-state index is 13.7. The summed E-state index contributed by atoms with van der Waals surface area (Å²) < 4.78 is 27.4. The number of halogens is 2. The number of carbonyl (C=O) groups excluding carboxylic acids is 1. The molecule has 0 fully saturated rings. The van der Waals surface area contributed by atoms with Crippen LogP contribution in [-0.4, -0.2) is 31.4 Å². The van der Waals surface area contributed by atoms with Crippen LogP contribution in [0.5, 0.6) is 0 Å². The first-order chi connectivity index (χ1) is 8.01. The predicted molar refractivity (Wildman–Crippen MR) is 68.0 cm³/mol. The Morgan fingerprint density at radius 1 is 1.41 bits per heavy atom. The molecular formula is C12H15F2NOS. The summed E-state index contributed by atoms with van der Waals surface area (Å²) in [5.74, 6) is -0.643. The van der Waals surface area contributed by atoms with Crippen LogP contribution in [0.4, 0.5) is 14.5 Å². The smallest absolute Gasteiger partial charge is 0.150 e. The van der Waals surface area contributed by atoms with E-state index >= 15 is 0 Å². The minimum atomic E-state index is -0.706. The molecule has 0 saturated carbocycles. The van der Waals surface area contributed by atoms with Crippen molar-refractivity contribution in [2.45, 2.75) is 13.0 Å². The Morgan fingerprint density at radius 2 is 1.94 bits per heavy atom. The Morgan fingerprint density at radius 3 is 2.35 bits per heavy atom. The van der Waals surface area contributed by atoms with Crippen LogP contribution in [-0.2, 0) is 0 Å². The van der Waals surface area contributed by atoms with Crippen molar-refractivity contribution in [2.75, 3.05) is 24.0 Å². The second kappa shape index (κ2) is 6.00. The molecule has 94 valence electrons. The molecule has 2 nitrogen and oxygen atoms in total. The van der Waals surface area contributed by atoms with Gasteiger partial charge < -0.3 is 4.90 Å². The van der Waals surface area contributed by atoms with Crippen LogP contribution in [0.2, 0.25) is 0 Å². The summed E-state index contributed by atoms with van der Waals surface area (Å²) in [6.45, 7) is 1.89. The van der Waals surface area contributed by atoms with Crippen LogP contribution in [0.25, 0.3) is 0 Å². The maximum Gasteiger partial charge on any atom is 0.150 e. The molecule has 0 saturated heterocycles. The fraction of sp³-hybridized carbons (Fsp3) is 0.417. The summed E-state index contributed by atoms with van der Waals surface area (Å²) in [5.41, 5.74) is -0.0770. The highest BCUT2D eigenvalue weighted by atomic mass is 32.2. The van der Waals surface area contributed by atoms with Crippen LogP contribution in [0, 0.1) is 11.6 Å². The number of aldehydes is 1. The molecule has 0 bridgehead atoms. The third-order valence-corrected chi connectivity index (χ3v) is 3.41. The van der Waals surface area contributed by atoms with E-state index in [1.54, 1.807) is 23.7 Å². The zero-order valence-electron chi connectivity index (χ0n) is 10.0. The molecule has 0 radical (unpaired) electrons. The van der Waals surface area contributed by atoms with E-state index in [9.17, 15) is 13.6 Å². The largest absolute Gasteiger partial charge is 0.366 e. The number of thioether (sulfide) groups is 1. The summed E-state index contributed by atoms with van der Waals surface area (Å²) >= 11 is 1.61. The monoisotopic (exact) mass is 259 g/mol. The molecule has 0 spiro atoms. The van der Waals surface area contributed by atoms with Gasteiger partial charge in [0.05, 0.1) is 0 Å². The second-order valence-electron chi connectivity index (χ2n) is 3.87. The van der Waals surface area contributed by atoms with Gasteiger partial charge >= 0.3 is 0 Å². The van der Waals surface area contributed by atoms with Crippen LogP contribution in [0.1, 0.15) is 17.3 Å². The van der Waals surface area contributed by atoms with Gasteiger partial charge in [-0.1, -0.05) is 0 Å². The van der Waals surface area contributed by atoms with Gasteiger partial charge in [-0.3, -0.25) is 4.79 Å². The second-order valence-corrected chi connectivity index (χ2v) is 4.78. The fourth-order valence-corrected chi connectivity index (χ4v) is 2.27. The average molecular weight is 259 g/mol. The van der Waals surface area contributed by atoms with Gasteiger partial charge in [-0.2, -0.15) is 11.8 Å². The predicted octanol–water partition coefficient (Wildman–Crippen LogP) is 2.97. The molecule has 5 heteroatoms. The molecule has 0 amide bonds. The number of benzene rings is 1. The molecule has 0 aliphatic rings. The van der Waals surface area contributed by atoms with Gasteiger partial charge in [0, 0.05) is 24.4 Å². The van der Waals surface area contributed by atoms with Gasteiger partial charge in [-0.25, -0.2) is 8.78 Å². The molecule has 1 aromatic rings. The van der Waals surface area contributed by atoms with Gasteiger partial charge in [-0.15, -0.1) is 0 Å². The van der Waals surface area contributed by atoms with Crippen molar-refractivity contribution in [3.8, 4) is 0 Å². The molecule has 1 rings (SSSR count). The number of hydrogen-bond donors (Lipinski definition) is 0. The van der Waals surface area contributed by atoms with Crippen molar-refractivity contribution in [1.82, 2.24) is 0 Å². The lowest BCUT2D eigenvalue weighted by Gasteiger charge is -2.27. The van der Waals surface area contributed by atoms with Crippen LogP contribution >= 0.6 is 11.8 Å². The average Bonchev–Trinajstić information content (AvgIpc) is 2.28. The van der Waals surface area contributed by atoms with Crippen LogP contribution in [0.15, 0.2) is 12.1 Å². The van der Waals surface area contributed by atoms with E-state index in [0.29, 0.717) is 6.29 Å². The van der Waals surface area contributed by atoms with Crippen molar-refractivity contribution < 1.29 is 13.6 Å². The van der Waals surface area contributed by atoms with E-state index in [1.165, 1.54) is 0 Å². The molecule has 1 atom stereocenters. The first kappa shape index (κ1) is 14.0. The lowest BCUT2D eigenvalue weighted by atomic mass is 10.1. The normalized spacial score (nSPS) is 12.3. The van der Waals surface area contributed by atoms with Gasteiger partial charge in [0.1, 0.15) is 23.6 Å². The highest BCUT2D eigenvalue weighted by Crippen LogP contribution is 2.25. The number of carbonyl (C=O) groups is 1. The number of rotatable bonds is 5. The molecule has 0 aliphatic carbocycles. The molecule has 0 N–H and O–H groups in total. The number of hydrogen-bond acceptors (Lipinski definition) is 3. The van der Waals surface area contributed by atoms with Gasteiger partial charge in [0.15, 0.2) is 0 Å². The molecule has 1 aromatic carbocycles. The summed E-state index contributed by atoms with van der Waals surface area (Å²) in [7, 11) is 1.64. The van der Waals surface area contributed by atoms with Gasteiger partial charge in [0.2, 0.25) is 0 Å². The van der Waals surface area contributed by atoms with E-state index < -0.39 is 11.6 Å². The summed E-state index contributed by atoms with van der Waals surface area (Å²) in [6.07, 6.45) is 2.37. The lowest BCUT2D eigenvalue weighted by molar-refractivity contribution is 0.112. The molecule has 0 aliphatic heterocycles. The minimum Gasteiger partial charge on any atom is -0.366 e. The zero-order valence-corrected chi connectivity index (χ0v) is 10.9. The van der Waals surface area contributed by atoms with E-state index in [2.05, 4.69) is 0 Å². The molecule has 1 unspecified atom stereocenters. The minimum absolute atomic E-state index is 0.00895. The van der Waals surface area contributed by atoms with Crippen molar-refractivity contribution in [3.05, 3.63) is 29.3 Å². The highest BCUT2D eigenvalue weighted by Gasteiger charge is 2.18. The first-order valence-electron chi connectivity index (χ1n) is 5.17. The summed E-state index contributed by atoms with van der Waals surface area (Å²) in [6, 6.07) is 2.11. The van der Waals surface area contributed by atoms with Crippen molar-refractivity contribution >= 4 is 23.7 Å². The lowest BCUT2D eigenvalue weighted by Crippen LogP contribution is -2.32. The standard InChI is InChI=1S/C12H15F2NOS/c1-8(7-17-3)15(2)12-10(13)4-9(6-16)5-11(12)14/h4-6,8H,7H2,1-3H3. The zero-order chi connectivity index (χ0) is 13.0.